The van der Waals surface area contributed by atoms with Crippen molar-refractivity contribution in [3.63, 3.8) is 0 Å². The summed E-state index contributed by atoms with van der Waals surface area (Å²) in [7, 11) is 1.48. The van der Waals surface area contributed by atoms with E-state index in [-0.39, 0.29) is 35.5 Å². The SMILES string of the molecule is CCOC(=O)c1cnn(-c2nc(OC)c3cc(-c4ccc(F)cc4)oc3n2)c1. The van der Waals surface area contributed by atoms with E-state index >= 15 is 0 Å². The second-order valence-electron chi connectivity index (χ2n) is 5.76. The van der Waals surface area contributed by atoms with Gasteiger partial charge in [-0.15, -0.1) is 0 Å². The van der Waals surface area contributed by atoms with Crippen LogP contribution < -0.4 is 4.74 Å². The van der Waals surface area contributed by atoms with Crippen LogP contribution in [0.4, 0.5) is 4.39 Å². The number of nitrogens with zero attached hydrogens (tertiary/aromatic N) is 4. The maximum absolute atomic E-state index is 13.2. The van der Waals surface area contributed by atoms with Gasteiger partial charge in [-0.1, -0.05) is 0 Å². The monoisotopic (exact) mass is 382 g/mol. The van der Waals surface area contributed by atoms with Crippen molar-refractivity contribution in [2.45, 2.75) is 6.92 Å². The molecule has 0 aliphatic heterocycles. The second kappa shape index (κ2) is 7.10. The van der Waals surface area contributed by atoms with Gasteiger partial charge in [0.1, 0.15) is 17.0 Å². The first kappa shape index (κ1) is 17.7. The first-order chi connectivity index (χ1) is 13.6. The van der Waals surface area contributed by atoms with Crippen LogP contribution in [0.15, 0.2) is 47.1 Å². The van der Waals surface area contributed by atoms with Gasteiger partial charge in [0, 0.05) is 11.8 Å². The summed E-state index contributed by atoms with van der Waals surface area (Å²) < 4.78 is 30.6. The number of methoxy groups -OCH3 is 1. The summed E-state index contributed by atoms with van der Waals surface area (Å²) in [5.74, 6) is 0.117. The molecule has 0 fully saturated rings. The van der Waals surface area contributed by atoms with E-state index in [1.807, 2.05) is 0 Å². The zero-order valence-electron chi connectivity index (χ0n) is 15.0. The van der Waals surface area contributed by atoms with Crippen LogP contribution >= 0.6 is 0 Å². The fraction of sp³-hybridized carbons (Fsp3) is 0.158. The van der Waals surface area contributed by atoms with Crippen molar-refractivity contribution in [2.24, 2.45) is 0 Å². The molecule has 0 N–H and O–H groups in total. The van der Waals surface area contributed by atoms with Gasteiger partial charge in [-0.25, -0.2) is 13.9 Å². The molecule has 0 bridgehead atoms. The Morgan fingerprint density at radius 2 is 2.04 bits per heavy atom. The van der Waals surface area contributed by atoms with E-state index in [0.29, 0.717) is 16.7 Å². The molecule has 0 amide bonds. The molecular weight excluding hydrogens is 367 g/mol. The maximum atomic E-state index is 13.2. The number of aromatic nitrogens is 4. The number of rotatable bonds is 5. The highest BCUT2D eigenvalue weighted by Gasteiger charge is 2.18. The number of ether oxygens (including phenoxy) is 2. The molecule has 1 aromatic carbocycles. The smallest absolute Gasteiger partial charge is 0.341 e. The Kier molecular flexibility index (Phi) is 4.48. The molecule has 3 heterocycles. The third-order valence-corrected chi connectivity index (χ3v) is 3.97. The van der Waals surface area contributed by atoms with Crippen LogP contribution in [-0.2, 0) is 4.74 Å². The van der Waals surface area contributed by atoms with E-state index in [4.69, 9.17) is 13.9 Å². The average Bonchev–Trinajstić information content (AvgIpc) is 3.35. The van der Waals surface area contributed by atoms with E-state index in [1.165, 1.54) is 36.3 Å². The molecule has 3 aromatic heterocycles. The van der Waals surface area contributed by atoms with Crippen molar-refractivity contribution < 1.29 is 23.1 Å². The number of carbonyl (C=O) groups excluding carboxylic acids is 1. The minimum absolute atomic E-state index is 0.167. The molecule has 0 saturated heterocycles. The molecule has 0 radical (unpaired) electrons. The van der Waals surface area contributed by atoms with Crippen LogP contribution in [-0.4, -0.2) is 39.4 Å². The average molecular weight is 382 g/mol. The van der Waals surface area contributed by atoms with Crippen LogP contribution in [0.5, 0.6) is 5.88 Å². The lowest BCUT2D eigenvalue weighted by molar-refractivity contribution is 0.0526. The van der Waals surface area contributed by atoms with Gasteiger partial charge in [0.05, 0.1) is 25.5 Å². The normalized spacial score (nSPS) is 11.0. The molecule has 0 atom stereocenters. The molecule has 4 aromatic rings. The number of furan rings is 1. The van der Waals surface area contributed by atoms with Crippen LogP contribution in [0.1, 0.15) is 17.3 Å². The molecule has 28 heavy (non-hydrogen) atoms. The van der Waals surface area contributed by atoms with Gasteiger partial charge in [0.2, 0.25) is 11.6 Å². The van der Waals surface area contributed by atoms with Gasteiger partial charge in [0.15, 0.2) is 0 Å². The maximum Gasteiger partial charge on any atom is 0.341 e. The Morgan fingerprint density at radius 3 is 2.75 bits per heavy atom. The van der Waals surface area contributed by atoms with Crippen molar-refractivity contribution in [2.75, 3.05) is 13.7 Å². The Labute approximate surface area is 158 Å². The molecule has 0 spiro atoms. The van der Waals surface area contributed by atoms with Gasteiger partial charge in [-0.05, 0) is 37.3 Å². The summed E-state index contributed by atoms with van der Waals surface area (Å²) in [5.41, 5.74) is 1.23. The predicted octanol–water partition coefficient (Wildman–Crippen LogP) is 3.40. The second-order valence-corrected chi connectivity index (χ2v) is 5.76. The Balaban J connectivity index is 1.76. The first-order valence-electron chi connectivity index (χ1n) is 8.42. The molecular formula is C19H15FN4O4. The van der Waals surface area contributed by atoms with E-state index in [0.717, 1.165) is 0 Å². The fourth-order valence-electron chi connectivity index (χ4n) is 2.65. The molecule has 0 aliphatic rings. The van der Waals surface area contributed by atoms with Gasteiger partial charge in [0.25, 0.3) is 5.95 Å². The zero-order chi connectivity index (χ0) is 19.7. The highest BCUT2D eigenvalue weighted by molar-refractivity contribution is 5.89. The molecule has 0 unspecified atom stereocenters. The fourth-order valence-corrected chi connectivity index (χ4v) is 2.65. The minimum atomic E-state index is -0.488. The lowest BCUT2D eigenvalue weighted by Gasteiger charge is -2.03. The molecule has 0 saturated carbocycles. The molecule has 9 heteroatoms. The van der Waals surface area contributed by atoms with Crippen molar-refractivity contribution in [1.82, 2.24) is 19.7 Å². The summed E-state index contributed by atoms with van der Waals surface area (Å²) in [5, 5.41) is 4.66. The molecule has 8 nitrogen and oxygen atoms in total. The molecule has 142 valence electrons. The lowest BCUT2D eigenvalue weighted by atomic mass is 10.1. The van der Waals surface area contributed by atoms with Crippen LogP contribution in [0.2, 0.25) is 0 Å². The van der Waals surface area contributed by atoms with Crippen molar-refractivity contribution in [1.29, 1.82) is 0 Å². The van der Waals surface area contributed by atoms with Crippen LogP contribution in [0, 0.1) is 5.82 Å². The predicted molar refractivity (Wildman–Crippen MR) is 96.8 cm³/mol. The van der Waals surface area contributed by atoms with E-state index in [2.05, 4.69) is 15.1 Å². The van der Waals surface area contributed by atoms with Crippen molar-refractivity contribution in [3.05, 3.63) is 54.1 Å². The summed E-state index contributed by atoms with van der Waals surface area (Å²) in [6.07, 6.45) is 2.83. The summed E-state index contributed by atoms with van der Waals surface area (Å²) >= 11 is 0. The Morgan fingerprint density at radius 1 is 1.25 bits per heavy atom. The van der Waals surface area contributed by atoms with E-state index in [9.17, 15) is 9.18 Å². The number of hydrogen-bond acceptors (Lipinski definition) is 7. The van der Waals surface area contributed by atoms with Crippen molar-refractivity contribution in [3.8, 4) is 23.2 Å². The van der Waals surface area contributed by atoms with Crippen LogP contribution in [0.25, 0.3) is 28.4 Å². The number of esters is 1. The largest absolute Gasteiger partial charge is 0.480 e. The topological polar surface area (TPSA) is 92.3 Å². The van der Waals surface area contributed by atoms with Crippen molar-refractivity contribution >= 4 is 17.1 Å². The lowest BCUT2D eigenvalue weighted by Crippen LogP contribution is -2.05. The Hall–Kier alpha value is -3.75. The van der Waals surface area contributed by atoms with Gasteiger partial charge >= 0.3 is 5.97 Å². The Bertz CT molecular complexity index is 1150. The number of fused-ring (bicyclic) bond motifs is 1. The quantitative estimate of drug-likeness (QED) is 0.489. The first-order valence-corrected chi connectivity index (χ1v) is 8.42. The standard InChI is InChI=1S/C19H15FN4O4/c1-3-27-18(25)12-9-21-24(10-12)19-22-16(26-2)14-8-15(28-17(14)23-19)11-4-6-13(20)7-5-11/h4-10H,3H2,1-2H3. The van der Waals surface area contributed by atoms with E-state index in [1.54, 1.807) is 25.1 Å². The van der Waals surface area contributed by atoms with Gasteiger partial charge < -0.3 is 13.9 Å². The summed E-state index contributed by atoms with van der Waals surface area (Å²) in [6.45, 7) is 1.98. The molecule has 0 aliphatic carbocycles. The van der Waals surface area contributed by atoms with Gasteiger partial charge in [-0.2, -0.15) is 15.1 Å². The van der Waals surface area contributed by atoms with Crippen LogP contribution in [0.3, 0.4) is 0 Å². The zero-order valence-corrected chi connectivity index (χ0v) is 15.0. The minimum Gasteiger partial charge on any atom is -0.480 e. The van der Waals surface area contributed by atoms with E-state index < -0.39 is 5.97 Å². The number of benzene rings is 1. The number of hydrogen-bond donors (Lipinski definition) is 0. The third kappa shape index (κ3) is 3.18. The highest BCUT2D eigenvalue weighted by Crippen LogP contribution is 2.32. The number of carbonyl (C=O) groups is 1. The third-order valence-electron chi connectivity index (χ3n) is 3.97. The highest BCUT2D eigenvalue weighted by atomic mass is 19.1. The molecule has 4 rings (SSSR count). The number of halogens is 1. The summed E-state index contributed by atoms with van der Waals surface area (Å²) in [6, 6.07) is 7.62. The van der Waals surface area contributed by atoms with Gasteiger partial charge in [-0.3, -0.25) is 0 Å². The summed E-state index contributed by atoms with van der Waals surface area (Å²) in [4.78, 5) is 20.5.